The van der Waals surface area contributed by atoms with E-state index in [1.807, 2.05) is 5.32 Å². The Morgan fingerprint density at radius 1 is 1.21 bits per heavy atom. The number of likely N-dealkylation sites (tertiary alicyclic amines) is 1. The van der Waals surface area contributed by atoms with E-state index in [4.69, 9.17) is 5.11 Å². The number of halogens is 3. The van der Waals surface area contributed by atoms with E-state index < -0.39 is 48.8 Å². The van der Waals surface area contributed by atoms with Crippen molar-refractivity contribution in [2.24, 2.45) is 5.92 Å². The van der Waals surface area contributed by atoms with Crippen LogP contribution >= 0.6 is 0 Å². The minimum absolute atomic E-state index is 0.00662. The number of carboxylic acid groups (broad SMARTS) is 1. The summed E-state index contributed by atoms with van der Waals surface area (Å²) in [6.07, 6.45) is -4.52. The molecule has 2 amide bonds. The zero-order valence-corrected chi connectivity index (χ0v) is 14.5. The van der Waals surface area contributed by atoms with Crippen molar-refractivity contribution < 1.29 is 42.2 Å². The number of benzene rings is 1. The van der Waals surface area contributed by atoms with Gasteiger partial charge >= 0.3 is 12.1 Å². The number of hydrogen-bond donors (Lipinski definition) is 2. The normalized spacial score (nSPS) is 17.4. The Morgan fingerprint density at radius 2 is 1.86 bits per heavy atom. The van der Waals surface area contributed by atoms with Crippen molar-refractivity contribution in [2.45, 2.75) is 19.1 Å². The summed E-state index contributed by atoms with van der Waals surface area (Å²) in [6.45, 7) is -2.03. The van der Waals surface area contributed by atoms with Gasteiger partial charge in [-0.25, -0.2) is 0 Å². The van der Waals surface area contributed by atoms with Crippen LogP contribution in [0.3, 0.4) is 0 Å². The van der Waals surface area contributed by atoms with Gasteiger partial charge in [0, 0.05) is 19.5 Å². The molecule has 0 spiro atoms. The molecular formula is C17H17F3N2O6. The molecule has 1 aromatic rings. The number of carboxylic acids is 1. The van der Waals surface area contributed by atoms with Gasteiger partial charge in [0.15, 0.2) is 18.3 Å². The number of carbonyl (C=O) groups is 4. The summed E-state index contributed by atoms with van der Waals surface area (Å²) in [5.41, 5.74) is 0.562. The SMILES string of the molecule is O=C(O)CNC(=O)C1C(=O)CCN(Cc2ccc(OCC(F)(F)F)cc2)C1=O. The Morgan fingerprint density at radius 3 is 2.43 bits per heavy atom. The number of ether oxygens (including phenoxy) is 1. The molecule has 1 aromatic carbocycles. The molecule has 1 unspecified atom stereocenters. The number of rotatable bonds is 7. The molecule has 8 nitrogen and oxygen atoms in total. The second-order valence-electron chi connectivity index (χ2n) is 6.07. The summed E-state index contributed by atoms with van der Waals surface area (Å²) in [7, 11) is 0. The lowest BCUT2D eigenvalue weighted by Gasteiger charge is -2.30. The van der Waals surface area contributed by atoms with E-state index in [0.29, 0.717) is 5.56 Å². The number of carbonyl (C=O) groups excluding carboxylic acids is 3. The molecular weight excluding hydrogens is 385 g/mol. The Kier molecular flexibility index (Phi) is 6.60. The van der Waals surface area contributed by atoms with Crippen molar-refractivity contribution in [3.63, 3.8) is 0 Å². The van der Waals surface area contributed by atoms with E-state index in [1.54, 1.807) is 0 Å². The predicted octanol–water partition coefficient (Wildman–Crippen LogP) is 0.746. The lowest BCUT2D eigenvalue weighted by atomic mass is 9.94. The topological polar surface area (TPSA) is 113 Å². The smallest absolute Gasteiger partial charge is 0.422 e. The second kappa shape index (κ2) is 8.72. The highest BCUT2D eigenvalue weighted by Crippen LogP contribution is 2.21. The van der Waals surface area contributed by atoms with Gasteiger partial charge in [-0.3, -0.25) is 19.2 Å². The molecule has 1 fully saturated rings. The summed E-state index contributed by atoms with van der Waals surface area (Å²) in [5, 5.41) is 10.6. The fourth-order valence-corrected chi connectivity index (χ4v) is 2.58. The molecule has 1 aliphatic rings. The number of ketones is 1. The lowest BCUT2D eigenvalue weighted by Crippen LogP contribution is -2.52. The molecule has 28 heavy (non-hydrogen) atoms. The molecule has 2 rings (SSSR count). The minimum Gasteiger partial charge on any atom is -0.484 e. The zero-order chi connectivity index (χ0) is 20.9. The van der Waals surface area contributed by atoms with Gasteiger partial charge < -0.3 is 20.1 Å². The Balaban J connectivity index is 1.99. The average Bonchev–Trinajstić information content (AvgIpc) is 2.61. The summed E-state index contributed by atoms with van der Waals surface area (Å²) < 4.78 is 41.0. The van der Waals surface area contributed by atoms with Gasteiger partial charge in [0.05, 0.1) is 0 Å². The number of alkyl halides is 3. The van der Waals surface area contributed by atoms with E-state index in [1.165, 1.54) is 29.2 Å². The number of piperidine rings is 1. The van der Waals surface area contributed by atoms with Crippen LogP contribution in [0.15, 0.2) is 24.3 Å². The van der Waals surface area contributed by atoms with Crippen molar-refractivity contribution in [3.8, 4) is 5.75 Å². The van der Waals surface area contributed by atoms with Crippen molar-refractivity contribution in [1.29, 1.82) is 0 Å². The summed E-state index contributed by atoms with van der Waals surface area (Å²) >= 11 is 0. The first-order valence-corrected chi connectivity index (χ1v) is 8.16. The molecule has 1 saturated heterocycles. The van der Waals surface area contributed by atoms with Crippen LogP contribution in [-0.4, -0.2) is 59.4 Å². The molecule has 152 valence electrons. The van der Waals surface area contributed by atoms with Gasteiger partial charge in [-0.05, 0) is 17.7 Å². The third-order valence-electron chi connectivity index (χ3n) is 3.88. The van der Waals surface area contributed by atoms with Crippen LogP contribution in [0, 0.1) is 5.92 Å². The fourth-order valence-electron chi connectivity index (χ4n) is 2.58. The molecule has 0 aromatic heterocycles. The molecule has 1 atom stereocenters. The van der Waals surface area contributed by atoms with Gasteiger partial charge in [0.25, 0.3) is 0 Å². The van der Waals surface area contributed by atoms with Crippen molar-refractivity contribution in [3.05, 3.63) is 29.8 Å². The number of amides is 2. The van der Waals surface area contributed by atoms with Crippen molar-refractivity contribution in [2.75, 3.05) is 19.7 Å². The van der Waals surface area contributed by atoms with Gasteiger partial charge in [-0.15, -0.1) is 0 Å². The van der Waals surface area contributed by atoms with Gasteiger partial charge in [-0.1, -0.05) is 12.1 Å². The van der Waals surface area contributed by atoms with Gasteiger partial charge in [0.1, 0.15) is 12.3 Å². The molecule has 0 aliphatic carbocycles. The average molecular weight is 402 g/mol. The molecule has 0 saturated carbocycles. The van der Waals surface area contributed by atoms with E-state index in [2.05, 4.69) is 4.74 Å². The number of nitrogens with zero attached hydrogens (tertiary/aromatic N) is 1. The first kappa shape index (κ1) is 21.2. The highest BCUT2D eigenvalue weighted by Gasteiger charge is 2.40. The van der Waals surface area contributed by atoms with Crippen LogP contribution in [0.5, 0.6) is 5.75 Å². The van der Waals surface area contributed by atoms with E-state index in [9.17, 15) is 32.3 Å². The van der Waals surface area contributed by atoms with E-state index >= 15 is 0 Å². The van der Waals surface area contributed by atoms with Crippen LogP contribution in [0.25, 0.3) is 0 Å². The maximum Gasteiger partial charge on any atom is 0.422 e. The van der Waals surface area contributed by atoms with Crippen molar-refractivity contribution in [1.82, 2.24) is 10.2 Å². The number of hydrogen-bond acceptors (Lipinski definition) is 5. The van der Waals surface area contributed by atoms with Crippen LogP contribution in [0.4, 0.5) is 13.2 Å². The van der Waals surface area contributed by atoms with Crippen LogP contribution in [0.2, 0.25) is 0 Å². The number of nitrogens with one attached hydrogen (secondary N) is 1. The molecule has 1 heterocycles. The minimum atomic E-state index is -4.46. The predicted molar refractivity (Wildman–Crippen MR) is 87.2 cm³/mol. The molecule has 2 N–H and O–H groups in total. The monoisotopic (exact) mass is 402 g/mol. The summed E-state index contributed by atoms with van der Waals surface area (Å²) in [5.74, 6) is -5.24. The summed E-state index contributed by atoms with van der Waals surface area (Å²) in [6, 6.07) is 5.57. The van der Waals surface area contributed by atoms with Crippen LogP contribution < -0.4 is 10.1 Å². The molecule has 11 heteroatoms. The molecule has 0 radical (unpaired) electrons. The molecule has 1 aliphatic heterocycles. The first-order chi connectivity index (χ1) is 13.1. The Hall–Kier alpha value is -3.11. The number of Topliss-reactive ketones (excluding diaryl/α,β-unsaturated/α-hetero) is 1. The molecule has 0 bridgehead atoms. The van der Waals surface area contributed by atoms with Crippen molar-refractivity contribution >= 4 is 23.6 Å². The Labute approximate surface area is 157 Å². The fraction of sp³-hybridized carbons (Fsp3) is 0.412. The largest absolute Gasteiger partial charge is 0.484 e. The summed E-state index contributed by atoms with van der Waals surface area (Å²) in [4.78, 5) is 48.1. The third kappa shape index (κ3) is 5.96. The quantitative estimate of drug-likeness (QED) is 0.651. The van der Waals surface area contributed by atoms with Crippen LogP contribution in [-0.2, 0) is 25.7 Å². The number of aliphatic carboxylic acids is 1. The maximum absolute atomic E-state index is 12.5. The lowest BCUT2D eigenvalue weighted by molar-refractivity contribution is -0.154. The van der Waals surface area contributed by atoms with E-state index in [-0.39, 0.29) is 25.3 Å². The van der Waals surface area contributed by atoms with Gasteiger partial charge in [0.2, 0.25) is 11.8 Å². The third-order valence-corrected chi connectivity index (χ3v) is 3.88. The van der Waals surface area contributed by atoms with E-state index in [0.717, 1.165) is 0 Å². The maximum atomic E-state index is 12.5. The Bertz CT molecular complexity index is 763. The zero-order valence-electron chi connectivity index (χ0n) is 14.5. The first-order valence-electron chi connectivity index (χ1n) is 8.16. The van der Waals surface area contributed by atoms with Gasteiger partial charge in [-0.2, -0.15) is 13.2 Å². The van der Waals surface area contributed by atoms with Crippen LogP contribution in [0.1, 0.15) is 12.0 Å². The highest BCUT2D eigenvalue weighted by atomic mass is 19.4. The second-order valence-corrected chi connectivity index (χ2v) is 6.07. The standard InChI is InChI=1S/C17H17F3N2O6/c18-17(19,20)9-28-11-3-1-10(2-4-11)8-22-6-5-12(23)14(16(22)27)15(26)21-7-13(24)25/h1-4,14H,5-9H2,(H,21,26)(H,24,25). The highest BCUT2D eigenvalue weighted by molar-refractivity contribution is 6.19.